The number of amides is 2. The van der Waals surface area contributed by atoms with Crippen LogP contribution in [0.25, 0.3) is 0 Å². The summed E-state index contributed by atoms with van der Waals surface area (Å²) >= 11 is 0.999. The summed E-state index contributed by atoms with van der Waals surface area (Å²) in [7, 11) is 3.00. The first-order valence-electron chi connectivity index (χ1n) is 10.7. The standard InChI is InChI=1S/C25H25N3O6S/c1-4-34-25(31)22-21(17-10-5-6-11-19(17)33-3)18(13-26)24(28-23(22)30)35-14-20(29)27-15-8-7-9-16(12-15)32-2/h5-12,21-22H,4,14H2,1-3H3,(H,27,29)(H,28,30). The zero-order valence-electron chi connectivity index (χ0n) is 19.5. The Hall–Kier alpha value is -3.97. The van der Waals surface area contributed by atoms with Gasteiger partial charge in [-0.25, -0.2) is 0 Å². The number of nitrogens with one attached hydrogen (secondary N) is 2. The highest BCUT2D eigenvalue weighted by Gasteiger charge is 2.45. The number of nitrogens with zero attached hydrogens (tertiary/aromatic N) is 1. The number of esters is 1. The van der Waals surface area contributed by atoms with Crippen LogP contribution in [0.1, 0.15) is 18.4 Å². The summed E-state index contributed by atoms with van der Waals surface area (Å²) in [6.07, 6.45) is 0. The van der Waals surface area contributed by atoms with E-state index in [4.69, 9.17) is 14.2 Å². The number of rotatable bonds is 9. The lowest BCUT2D eigenvalue weighted by atomic mass is 9.78. The predicted octanol–water partition coefficient (Wildman–Crippen LogP) is 3.20. The molecule has 9 nitrogen and oxygen atoms in total. The maximum Gasteiger partial charge on any atom is 0.319 e. The number of carbonyl (C=O) groups is 3. The summed E-state index contributed by atoms with van der Waals surface area (Å²) in [5.74, 6) is -2.99. The smallest absolute Gasteiger partial charge is 0.319 e. The van der Waals surface area contributed by atoms with Gasteiger partial charge in [-0.3, -0.25) is 14.4 Å². The Kier molecular flexibility index (Phi) is 8.75. The first-order valence-corrected chi connectivity index (χ1v) is 11.7. The van der Waals surface area contributed by atoms with E-state index >= 15 is 0 Å². The number of para-hydroxylation sites is 1. The second-order valence-electron chi connectivity index (χ2n) is 7.36. The molecular weight excluding hydrogens is 470 g/mol. The molecule has 3 rings (SSSR count). The topological polar surface area (TPSA) is 127 Å². The van der Waals surface area contributed by atoms with Crippen LogP contribution in [0.3, 0.4) is 0 Å². The molecule has 0 fully saturated rings. The average Bonchev–Trinajstić information content (AvgIpc) is 2.87. The number of benzene rings is 2. The fourth-order valence-electron chi connectivity index (χ4n) is 3.72. The minimum atomic E-state index is -1.28. The molecule has 0 spiro atoms. The summed E-state index contributed by atoms with van der Waals surface area (Å²) < 4.78 is 15.7. The molecule has 35 heavy (non-hydrogen) atoms. The summed E-state index contributed by atoms with van der Waals surface area (Å²) in [5, 5.41) is 15.6. The molecule has 0 saturated heterocycles. The van der Waals surface area contributed by atoms with Gasteiger partial charge < -0.3 is 24.8 Å². The minimum absolute atomic E-state index is 0.0823. The molecule has 2 aromatic carbocycles. The second kappa shape index (κ2) is 11.9. The van der Waals surface area contributed by atoms with Gasteiger partial charge in [0.1, 0.15) is 17.4 Å². The number of hydrogen-bond acceptors (Lipinski definition) is 8. The average molecular weight is 496 g/mol. The van der Waals surface area contributed by atoms with Crippen LogP contribution >= 0.6 is 11.8 Å². The Morgan fingerprint density at radius 3 is 2.60 bits per heavy atom. The first-order chi connectivity index (χ1) is 16.9. The van der Waals surface area contributed by atoms with Crippen LogP contribution in [0.5, 0.6) is 11.5 Å². The number of carbonyl (C=O) groups excluding carboxylic acids is 3. The van der Waals surface area contributed by atoms with E-state index in [1.807, 2.05) is 0 Å². The van der Waals surface area contributed by atoms with Gasteiger partial charge in [-0.1, -0.05) is 36.0 Å². The van der Waals surface area contributed by atoms with Crippen molar-refractivity contribution < 1.29 is 28.6 Å². The van der Waals surface area contributed by atoms with Gasteiger partial charge in [0.05, 0.1) is 43.3 Å². The number of hydrogen-bond donors (Lipinski definition) is 2. The fraction of sp³-hybridized carbons (Fsp3) is 0.280. The molecule has 0 saturated carbocycles. The number of methoxy groups -OCH3 is 2. The van der Waals surface area contributed by atoms with Crippen LogP contribution in [0.4, 0.5) is 5.69 Å². The highest BCUT2D eigenvalue weighted by atomic mass is 32.2. The van der Waals surface area contributed by atoms with E-state index in [1.54, 1.807) is 55.5 Å². The molecule has 0 aliphatic carbocycles. The molecule has 0 radical (unpaired) electrons. The van der Waals surface area contributed by atoms with Gasteiger partial charge >= 0.3 is 5.97 Å². The third kappa shape index (κ3) is 5.94. The molecule has 2 aromatic rings. The highest BCUT2D eigenvalue weighted by Crippen LogP contribution is 2.43. The summed E-state index contributed by atoms with van der Waals surface area (Å²) in [6, 6.07) is 15.9. The monoisotopic (exact) mass is 495 g/mol. The number of nitriles is 1. The maximum atomic E-state index is 13.0. The quantitative estimate of drug-likeness (QED) is 0.401. The Morgan fingerprint density at radius 2 is 1.91 bits per heavy atom. The van der Waals surface area contributed by atoms with E-state index in [0.29, 0.717) is 22.7 Å². The lowest BCUT2D eigenvalue weighted by molar-refractivity contribution is -0.152. The molecule has 1 heterocycles. The Balaban J connectivity index is 1.92. The van der Waals surface area contributed by atoms with E-state index in [-0.39, 0.29) is 28.9 Å². The summed E-state index contributed by atoms with van der Waals surface area (Å²) in [6.45, 7) is 1.72. The van der Waals surface area contributed by atoms with Crippen molar-refractivity contribution in [2.45, 2.75) is 12.8 Å². The molecule has 0 aromatic heterocycles. The van der Waals surface area contributed by atoms with Gasteiger partial charge in [-0.15, -0.1) is 0 Å². The number of thioether (sulfide) groups is 1. The van der Waals surface area contributed by atoms with E-state index in [9.17, 15) is 19.6 Å². The molecule has 2 unspecified atom stereocenters. The third-order valence-electron chi connectivity index (χ3n) is 5.24. The molecule has 182 valence electrons. The number of anilines is 1. The van der Waals surface area contributed by atoms with Crippen molar-refractivity contribution >= 4 is 35.2 Å². The largest absolute Gasteiger partial charge is 0.497 e. The molecule has 10 heteroatoms. The zero-order chi connectivity index (χ0) is 25.4. The van der Waals surface area contributed by atoms with Crippen LogP contribution in [-0.2, 0) is 19.1 Å². The van der Waals surface area contributed by atoms with Crippen molar-refractivity contribution in [1.82, 2.24) is 5.32 Å². The van der Waals surface area contributed by atoms with E-state index in [0.717, 1.165) is 11.8 Å². The molecule has 2 atom stereocenters. The van der Waals surface area contributed by atoms with Crippen molar-refractivity contribution in [3.8, 4) is 17.6 Å². The normalized spacial score (nSPS) is 17.1. The zero-order valence-corrected chi connectivity index (χ0v) is 20.3. The van der Waals surface area contributed by atoms with E-state index < -0.39 is 23.7 Å². The fourth-order valence-corrected chi connectivity index (χ4v) is 4.57. The highest BCUT2D eigenvalue weighted by molar-refractivity contribution is 8.03. The first kappa shape index (κ1) is 25.6. The van der Waals surface area contributed by atoms with Crippen LogP contribution < -0.4 is 20.1 Å². The van der Waals surface area contributed by atoms with E-state index in [2.05, 4.69) is 16.7 Å². The Bertz CT molecular complexity index is 1190. The van der Waals surface area contributed by atoms with Gasteiger partial charge in [-0.2, -0.15) is 5.26 Å². The lowest BCUT2D eigenvalue weighted by Crippen LogP contribution is -2.44. The summed E-state index contributed by atoms with van der Waals surface area (Å²) in [4.78, 5) is 38.3. The second-order valence-corrected chi connectivity index (χ2v) is 8.35. The molecule has 0 bridgehead atoms. The molecule has 1 aliphatic heterocycles. The maximum absolute atomic E-state index is 13.0. The van der Waals surface area contributed by atoms with Crippen molar-refractivity contribution in [3.63, 3.8) is 0 Å². The van der Waals surface area contributed by atoms with Gasteiger partial charge in [-0.05, 0) is 25.1 Å². The number of ether oxygens (including phenoxy) is 3. The van der Waals surface area contributed by atoms with Gasteiger partial charge in [0, 0.05) is 23.2 Å². The molecular formula is C25H25N3O6S. The molecule has 2 N–H and O–H groups in total. The van der Waals surface area contributed by atoms with Crippen molar-refractivity contribution in [2.24, 2.45) is 5.92 Å². The van der Waals surface area contributed by atoms with Gasteiger partial charge in [0.25, 0.3) is 0 Å². The van der Waals surface area contributed by atoms with Crippen LogP contribution in [0.15, 0.2) is 59.1 Å². The lowest BCUT2D eigenvalue weighted by Gasteiger charge is -2.31. The van der Waals surface area contributed by atoms with Crippen LogP contribution in [0, 0.1) is 17.2 Å². The molecule has 1 aliphatic rings. The predicted molar refractivity (Wildman–Crippen MR) is 131 cm³/mol. The number of allylic oxidation sites excluding steroid dienone is 1. The minimum Gasteiger partial charge on any atom is -0.497 e. The molecule has 2 amide bonds. The van der Waals surface area contributed by atoms with Gasteiger partial charge in [0.15, 0.2) is 0 Å². The van der Waals surface area contributed by atoms with Crippen LogP contribution in [-0.4, -0.2) is 44.4 Å². The van der Waals surface area contributed by atoms with Gasteiger partial charge in [0.2, 0.25) is 11.8 Å². The van der Waals surface area contributed by atoms with Crippen molar-refractivity contribution in [3.05, 3.63) is 64.7 Å². The Morgan fingerprint density at radius 1 is 1.14 bits per heavy atom. The van der Waals surface area contributed by atoms with Crippen molar-refractivity contribution in [2.75, 3.05) is 31.9 Å². The SMILES string of the molecule is CCOC(=O)C1C(=O)NC(SCC(=O)Nc2cccc(OC)c2)=C(C#N)C1c1ccccc1OC. The van der Waals surface area contributed by atoms with Crippen molar-refractivity contribution in [1.29, 1.82) is 5.26 Å². The van der Waals surface area contributed by atoms with E-state index in [1.165, 1.54) is 14.2 Å². The van der Waals surface area contributed by atoms with Crippen LogP contribution in [0.2, 0.25) is 0 Å². The third-order valence-corrected chi connectivity index (χ3v) is 6.26. The summed E-state index contributed by atoms with van der Waals surface area (Å²) in [5.41, 5.74) is 1.19. The Labute approximate surface area is 207 Å².